The van der Waals surface area contributed by atoms with Gasteiger partial charge >= 0.3 is 0 Å². The second-order valence-corrected chi connectivity index (χ2v) is 4.08. The highest BCUT2D eigenvalue weighted by molar-refractivity contribution is 5.54. The molecular formula is C13H16N4. The van der Waals surface area contributed by atoms with E-state index in [2.05, 4.69) is 21.9 Å². The number of rotatable bonds is 2. The van der Waals surface area contributed by atoms with E-state index in [4.69, 9.17) is 5.73 Å². The predicted octanol–water partition coefficient (Wildman–Crippen LogP) is 2.30. The van der Waals surface area contributed by atoms with Crippen LogP contribution in [-0.2, 0) is 6.42 Å². The van der Waals surface area contributed by atoms with Crippen LogP contribution in [0.4, 0.5) is 5.82 Å². The molecule has 17 heavy (non-hydrogen) atoms. The number of aromatic nitrogens is 3. The maximum atomic E-state index is 5.89. The molecule has 2 heterocycles. The van der Waals surface area contributed by atoms with Gasteiger partial charge in [0, 0.05) is 17.5 Å². The first-order chi connectivity index (χ1) is 8.11. The molecule has 2 N–H and O–H groups in total. The summed E-state index contributed by atoms with van der Waals surface area (Å²) in [5, 5.41) is 0. The smallest absolute Gasteiger partial charge is 0.180 e. The Morgan fingerprint density at radius 3 is 2.53 bits per heavy atom. The lowest BCUT2D eigenvalue weighted by Gasteiger charge is -2.08. The van der Waals surface area contributed by atoms with E-state index in [1.54, 1.807) is 6.20 Å². The molecular weight excluding hydrogens is 212 g/mol. The van der Waals surface area contributed by atoms with Gasteiger partial charge < -0.3 is 5.73 Å². The Labute approximate surface area is 101 Å². The molecule has 0 fully saturated rings. The van der Waals surface area contributed by atoms with Crippen molar-refractivity contribution in [2.75, 3.05) is 5.73 Å². The van der Waals surface area contributed by atoms with Crippen molar-refractivity contribution in [1.29, 1.82) is 0 Å². The Hall–Kier alpha value is -1.97. The van der Waals surface area contributed by atoms with E-state index < -0.39 is 0 Å². The van der Waals surface area contributed by atoms with E-state index >= 15 is 0 Å². The molecule has 4 heteroatoms. The summed E-state index contributed by atoms with van der Waals surface area (Å²) in [4.78, 5) is 13.1. The average Bonchev–Trinajstić information content (AvgIpc) is 2.33. The number of hydrogen-bond donors (Lipinski definition) is 1. The van der Waals surface area contributed by atoms with Gasteiger partial charge in [-0.25, -0.2) is 9.97 Å². The predicted molar refractivity (Wildman–Crippen MR) is 68.5 cm³/mol. The van der Waals surface area contributed by atoms with E-state index in [-0.39, 0.29) is 0 Å². The summed E-state index contributed by atoms with van der Waals surface area (Å²) in [5.74, 6) is 1.14. The Balaban J connectivity index is 2.52. The van der Waals surface area contributed by atoms with Crippen molar-refractivity contribution < 1.29 is 0 Å². The molecule has 2 aromatic rings. The van der Waals surface area contributed by atoms with Crippen LogP contribution in [0.1, 0.15) is 23.7 Å². The largest absolute Gasteiger partial charge is 0.383 e. The van der Waals surface area contributed by atoms with Crippen molar-refractivity contribution >= 4 is 5.82 Å². The maximum Gasteiger partial charge on any atom is 0.180 e. The van der Waals surface area contributed by atoms with Gasteiger partial charge in [-0.05, 0) is 31.9 Å². The fourth-order valence-corrected chi connectivity index (χ4v) is 1.64. The highest BCUT2D eigenvalue weighted by atomic mass is 15.0. The molecule has 0 saturated heterocycles. The fourth-order valence-electron chi connectivity index (χ4n) is 1.64. The quantitative estimate of drug-likeness (QED) is 0.856. The summed E-state index contributed by atoms with van der Waals surface area (Å²) in [6.45, 7) is 6.00. The highest BCUT2D eigenvalue weighted by Gasteiger charge is 2.09. The topological polar surface area (TPSA) is 64.7 Å². The van der Waals surface area contributed by atoms with Crippen LogP contribution in [0.25, 0.3) is 11.5 Å². The zero-order valence-electron chi connectivity index (χ0n) is 10.4. The summed E-state index contributed by atoms with van der Waals surface area (Å²) in [6, 6.07) is 3.91. The molecule has 2 rings (SSSR count). The molecule has 0 bridgehead atoms. The normalized spacial score (nSPS) is 10.5. The van der Waals surface area contributed by atoms with E-state index in [9.17, 15) is 0 Å². The van der Waals surface area contributed by atoms with Crippen LogP contribution in [-0.4, -0.2) is 15.0 Å². The van der Waals surface area contributed by atoms with Gasteiger partial charge in [-0.2, -0.15) is 0 Å². The highest BCUT2D eigenvalue weighted by Crippen LogP contribution is 2.19. The molecule has 88 valence electrons. The summed E-state index contributed by atoms with van der Waals surface area (Å²) < 4.78 is 0. The van der Waals surface area contributed by atoms with Crippen molar-refractivity contribution in [3.8, 4) is 11.5 Å². The summed E-state index contributed by atoms with van der Waals surface area (Å²) >= 11 is 0. The second kappa shape index (κ2) is 4.49. The van der Waals surface area contributed by atoms with Gasteiger partial charge in [0.15, 0.2) is 5.82 Å². The molecule has 0 unspecified atom stereocenters. The van der Waals surface area contributed by atoms with Crippen LogP contribution in [0.5, 0.6) is 0 Å². The number of pyridine rings is 1. The summed E-state index contributed by atoms with van der Waals surface area (Å²) in [7, 11) is 0. The molecule has 0 amide bonds. The van der Waals surface area contributed by atoms with Crippen LogP contribution in [0.15, 0.2) is 18.3 Å². The molecule has 4 nitrogen and oxygen atoms in total. The molecule has 0 aliphatic heterocycles. The Morgan fingerprint density at radius 1 is 1.18 bits per heavy atom. The Kier molecular flexibility index (Phi) is 3.04. The van der Waals surface area contributed by atoms with E-state index in [0.717, 1.165) is 28.9 Å². The lowest BCUT2D eigenvalue weighted by Crippen LogP contribution is -2.04. The standard InChI is InChI=1S/C13H16N4/c1-4-10-9(3)12(14)17-13(16-10)11-6-5-8(2)7-15-11/h5-7H,4H2,1-3H3,(H2,14,16,17). The number of aryl methyl sites for hydroxylation is 2. The third-order valence-corrected chi connectivity index (χ3v) is 2.76. The lowest BCUT2D eigenvalue weighted by molar-refractivity contribution is 0.975. The van der Waals surface area contributed by atoms with Gasteiger partial charge in [-0.3, -0.25) is 4.98 Å². The first-order valence-corrected chi connectivity index (χ1v) is 5.67. The number of nitrogens with zero attached hydrogens (tertiary/aromatic N) is 3. The fraction of sp³-hybridized carbons (Fsp3) is 0.308. The first kappa shape index (κ1) is 11.5. The third kappa shape index (κ3) is 2.25. The van der Waals surface area contributed by atoms with Crippen molar-refractivity contribution in [2.45, 2.75) is 27.2 Å². The van der Waals surface area contributed by atoms with Crippen molar-refractivity contribution in [2.24, 2.45) is 0 Å². The molecule has 0 saturated carbocycles. The van der Waals surface area contributed by atoms with E-state index in [1.807, 2.05) is 26.0 Å². The zero-order chi connectivity index (χ0) is 12.4. The lowest BCUT2D eigenvalue weighted by atomic mass is 10.2. The van der Waals surface area contributed by atoms with Gasteiger partial charge in [-0.15, -0.1) is 0 Å². The molecule has 0 aromatic carbocycles. The molecule has 0 spiro atoms. The molecule has 0 atom stereocenters. The van der Waals surface area contributed by atoms with Crippen LogP contribution in [0, 0.1) is 13.8 Å². The van der Waals surface area contributed by atoms with E-state index in [0.29, 0.717) is 11.6 Å². The number of nitrogen functional groups attached to an aromatic ring is 1. The minimum absolute atomic E-state index is 0.536. The average molecular weight is 228 g/mol. The van der Waals surface area contributed by atoms with Crippen LogP contribution in [0.2, 0.25) is 0 Å². The Bertz CT molecular complexity index is 532. The van der Waals surface area contributed by atoms with Gasteiger partial charge in [0.05, 0.1) is 0 Å². The van der Waals surface area contributed by atoms with Gasteiger partial charge in [0.25, 0.3) is 0 Å². The van der Waals surface area contributed by atoms with Crippen molar-refractivity contribution in [3.63, 3.8) is 0 Å². The summed E-state index contributed by atoms with van der Waals surface area (Å²) in [5.41, 5.74) is 9.70. The van der Waals surface area contributed by atoms with E-state index in [1.165, 1.54) is 0 Å². The minimum Gasteiger partial charge on any atom is -0.383 e. The second-order valence-electron chi connectivity index (χ2n) is 4.08. The van der Waals surface area contributed by atoms with Gasteiger partial charge in [-0.1, -0.05) is 13.0 Å². The van der Waals surface area contributed by atoms with Gasteiger partial charge in [0.1, 0.15) is 11.5 Å². The number of hydrogen-bond acceptors (Lipinski definition) is 4. The Morgan fingerprint density at radius 2 is 1.94 bits per heavy atom. The monoisotopic (exact) mass is 228 g/mol. The maximum absolute atomic E-state index is 5.89. The van der Waals surface area contributed by atoms with Crippen LogP contribution < -0.4 is 5.73 Å². The van der Waals surface area contributed by atoms with Crippen LogP contribution >= 0.6 is 0 Å². The molecule has 0 aliphatic carbocycles. The zero-order valence-corrected chi connectivity index (χ0v) is 10.4. The number of nitrogens with two attached hydrogens (primary N) is 1. The van der Waals surface area contributed by atoms with Crippen molar-refractivity contribution in [1.82, 2.24) is 15.0 Å². The van der Waals surface area contributed by atoms with Gasteiger partial charge in [0.2, 0.25) is 0 Å². The van der Waals surface area contributed by atoms with Crippen LogP contribution in [0.3, 0.4) is 0 Å². The molecule has 2 aromatic heterocycles. The first-order valence-electron chi connectivity index (χ1n) is 5.67. The minimum atomic E-state index is 0.536. The summed E-state index contributed by atoms with van der Waals surface area (Å²) in [6.07, 6.45) is 2.65. The van der Waals surface area contributed by atoms with Crippen molar-refractivity contribution in [3.05, 3.63) is 35.2 Å². The molecule has 0 aliphatic rings. The molecule has 0 radical (unpaired) electrons. The SMILES string of the molecule is CCc1nc(-c2ccc(C)cn2)nc(N)c1C. The third-order valence-electron chi connectivity index (χ3n) is 2.76. The number of anilines is 1.